The van der Waals surface area contributed by atoms with Gasteiger partial charge in [-0.15, -0.1) is 0 Å². The molecule has 0 bridgehead atoms. The molecule has 0 aromatic heterocycles. The zero-order valence-electron chi connectivity index (χ0n) is 13.1. The number of carbonyl (C=O) groups is 3. The highest BCUT2D eigenvalue weighted by Gasteiger charge is 2.34. The van der Waals surface area contributed by atoms with E-state index in [4.69, 9.17) is 11.6 Å². The quantitative estimate of drug-likeness (QED) is 0.206. The molecule has 1 atom stereocenters. The molecule has 23 heavy (non-hydrogen) atoms. The molecule has 1 fully saturated rings. The highest BCUT2D eigenvalue weighted by molar-refractivity contribution is 6.07. The molecule has 1 aromatic rings. The molecule has 0 spiro atoms. The Morgan fingerprint density at radius 3 is 2.70 bits per heavy atom. The van der Waals surface area contributed by atoms with Gasteiger partial charge in [0, 0.05) is 23.8 Å². The number of nitrogens with zero attached hydrogens (tertiary/aromatic N) is 1. The fraction of sp³-hybridized carbons (Fsp3) is 0.400. The third-order valence-corrected chi connectivity index (χ3v) is 3.54. The van der Waals surface area contributed by atoms with E-state index in [1.165, 1.54) is 0 Å². The molecule has 6 N–H and O–H groups in total. The van der Waals surface area contributed by atoms with Gasteiger partial charge in [-0.2, -0.15) is 0 Å². The minimum Gasteiger partial charge on any atom is -0.398 e. The first kappa shape index (κ1) is 16.8. The summed E-state index contributed by atoms with van der Waals surface area (Å²) in [5, 5.41) is 6.16. The van der Waals surface area contributed by atoms with Crippen molar-refractivity contribution >= 4 is 29.1 Å². The molecule has 3 amide bonds. The van der Waals surface area contributed by atoms with Crippen LogP contribution in [0.3, 0.4) is 0 Å². The number of anilines is 2. The summed E-state index contributed by atoms with van der Waals surface area (Å²) < 4.78 is 0. The Morgan fingerprint density at radius 2 is 2.09 bits per heavy atom. The Labute approximate surface area is 134 Å². The van der Waals surface area contributed by atoms with Crippen molar-refractivity contribution in [2.45, 2.75) is 38.8 Å². The third kappa shape index (κ3) is 3.59. The summed E-state index contributed by atoms with van der Waals surface area (Å²) >= 11 is 0. The van der Waals surface area contributed by atoms with E-state index in [0.717, 1.165) is 5.01 Å². The molecule has 124 valence electrons. The number of hydrogen-bond acceptors (Lipinski definition) is 6. The lowest BCUT2D eigenvalue weighted by Crippen LogP contribution is -2.57. The summed E-state index contributed by atoms with van der Waals surface area (Å²) in [6.07, 6.45) is 0.325. The minimum atomic E-state index is -0.897. The molecular weight excluding hydrogens is 298 g/mol. The SMILES string of the molecule is CC(C)Nc1cccc(N)c1C(=O)N(N)C1CCC(=O)NC1=O. The maximum absolute atomic E-state index is 12.7. The van der Waals surface area contributed by atoms with E-state index in [0.29, 0.717) is 5.69 Å². The van der Waals surface area contributed by atoms with Crippen LogP contribution in [-0.4, -0.2) is 34.8 Å². The lowest BCUT2D eigenvalue weighted by atomic mass is 10.0. The molecular formula is C15H21N5O3. The van der Waals surface area contributed by atoms with E-state index in [1.807, 2.05) is 13.8 Å². The van der Waals surface area contributed by atoms with Crippen LogP contribution < -0.4 is 22.2 Å². The van der Waals surface area contributed by atoms with E-state index in [-0.39, 0.29) is 36.0 Å². The second-order valence-electron chi connectivity index (χ2n) is 5.75. The first-order chi connectivity index (χ1) is 10.8. The van der Waals surface area contributed by atoms with Crippen LogP contribution in [-0.2, 0) is 9.59 Å². The summed E-state index contributed by atoms with van der Waals surface area (Å²) in [5.41, 5.74) is 6.96. The predicted molar refractivity (Wildman–Crippen MR) is 86.1 cm³/mol. The number of hydrazine groups is 1. The number of benzene rings is 1. The molecule has 1 unspecified atom stereocenters. The molecule has 1 saturated heterocycles. The van der Waals surface area contributed by atoms with E-state index in [2.05, 4.69) is 10.6 Å². The summed E-state index contributed by atoms with van der Waals surface area (Å²) in [6, 6.07) is 4.24. The zero-order chi connectivity index (χ0) is 17.1. The molecule has 0 radical (unpaired) electrons. The number of rotatable bonds is 4. The van der Waals surface area contributed by atoms with Crippen LogP contribution in [0.2, 0.25) is 0 Å². The predicted octanol–water partition coefficient (Wildman–Crippen LogP) is 0.210. The van der Waals surface area contributed by atoms with Gasteiger partial charge in [-0.25, -0.2) is 5.84 Å². The first-order valence-electron chi connectivity index (χ1n) is 7.38. The van der Waals surface area contributed by atoms with Crippen molar-refractivity contribution in [3.8, 4) is 0 Å². The smallest absolute Gasteiger partial charge is 0.272 e. The van der Waals surface area contributed by atoms with E-state index in [1.54, 1.807) is 18.2 Å². The molecule has 0 saturated carbocycles. The molecule has 1 aliphatic heterocycles. The lowest BCUT2D eigenvalue weighted by Gasteiger charge is -2.30. The van der Waals surface area contributed by atoms with Crippen molar-refractivity contribution in [2.24, 2.45) is 5.84 Å². The van der Waals surface area contributed by atoms with Gasteiger partial charge >= 0.3 is 0 Å². The van der Waals surface area contributed by atoms with Crippen LogP contribution in [0.15, 0.2) is 18.2 Å². The van der Waals surface area contributed by atoms with E-state index >= 15 is 0 Å². The van der Waals surface area contributed by atoms with Crippen LogP contribution in [0.5, 0.6) is 0 Å². The average molecular weight is 319 g/mol. The number of nitrogens with one attached hydrogen (secondary N) is 2. The highest BCUT2D eigenvalue weighted by Crippen LogP contribution is 2.25. The van der Waals surface area contributed by atoms with Gasteiger partial charge in [0.2, 0.25) is 5.91 Å². The molecule has 0 aliphatic carbocycles. The maximum atomic E-state index is 12.7. The average Bonchev–Trinajstić information content (AvgIpc) is 2.45. The van der Waals surface area contributed by atoms with Gasteiger partial charge < -0.3 is 11.1 Å². The van der Waals surface area contributed by atoms with Crippen molar-refractivity contribution in [2.75, 3.05) is 11.1 Å². The number of carbonyl (C=O) groups excluding carboxylic acids is 3. The van der Waals surface area contributed by atoms with Gasteiger partial charge in [-0.1, -0.05) is 6.07 Å². The highest BCUT2D eigenvalue weighted by atomic mass is 16.2. The Hall–Kier alpha value is -2.61. The number of imide groups is 1. The van der Waals surface area contributed by atoms with Gasteiger partial charge in [0.25, 0.3) is 11.8 Å². The largest absolute Gasteiger partial charge is 0.398 e. The van der Waals surface area contributed by atoms with Crippen LogP contribution in [0.1, 0.15) is 37.0 Å². The van der Waals surface area contributed by atoms with Gasteiger partial charge in [0.05, 0.1) is 5.56 Å². The van der Waals surface area contributed by atoms with Crippen molar-refractivity contribution in [3.63, 3.8) is 0 Å². The van der Waals surface area contributed by atoms with Crippen molar-refractivity contribution in [1.82, 2.24) is 10.3 Å². The van der Waals surface area contributed by atoms with Crippen molar-refractivity contribution in [1.29, 1.82) is 0 Å². The minimum absolute atomic E-state index is 0.0881. The standard InChI is InChI=1S/C15H21N5O3/c1-8(2)18-10-5-3-4-9(16)13(10)15(23)20(17)11-6-7-12(21)19-14(11)22/h3-5,8,11,18H,6-7,16-17H2,1-2H3,(H,19,21,22). The molecule has 2 rings (SSSR count). The van der Waals surface area contributed by atoms with E-state index < -0.39 is 17.9 Å². The first-order valence-corrected chi connectivity index (χ1v) is 7.38. The molecule has 1 heterocycles. The fourth-order valence-corrected chi connectivity index (χ4v) is 2.46. The third-order valence-electron chi connectivity index (χ3n) is 3.54. The van der Waals surface area contributed by atoms with Crippen LogP contribution >= 0.6 is 0 Å². The van der Waals surface area contributed by atoms with Gasteiger partial charge in [0.1, 0.15) is 6.04 Å². The number of piperidine rings is 1. The van der Waals surface area contributed by atoms with Crippen LogP contribution in [0.25, 0.3) is 0 Å². The van der Waals surface area contributed by atoms with E-state index in [9.17, 15) is 14.4 Å². The van der Waals surface area contributed by atoms with Gasteiger partial charge in [0.15, 0.2) is 0 Å². The normalized spacial score (nSPS) is 17.8. The molecule has 1 aromatic carbocycles. The van der Waals surface area contributed by atoms with Gasteiger partial charge in [-0.05, 0) is 32.4 Å². The Morgan fingerprint density at radius 1 is 1.39 bits per heavy atom. The molecule has 8 heteroatoms. The van der Waals surface area contributed by atoms with Crippen LogP contribution in [0.4, 0.5) is 11.4 Å². The Kier molecular flexibility index (Phi) is 4.85. The summed E-state index contributed by atoms with van der Waals surface area (Å²) in [7, 11) is 0. The van der Waals surface area contributed by atoms with Crippen molar-refractivity contribution in [3.05, 3.63) is 23.8 Å². The topological polar surface area (TPSA) is 131 Å². The number of amides is 3. The van der Waals surface area contributed by atoms with Crippen molar-refractivity contribution < 1.29 is 14.4 Å². The Bertz CT molecular complexity index is 644. The maximum Gasteiger partial charge on any atom is 0.272 e. The molecule has 1 aliphatic rings. The van der Waals surface area contributed by atoms with Crippen LogP contribution in [0, 0.1) is 0 Å². The Balaban J connectivity index is 2.29. The second-order valence-corrected chi connectivity index (χ2v) is 5.75. The molecule has 8 nitrogen and oxygen atoms in total. The fourth-order valence-electron chi connectivity index (χ4n) is 2.46. The second kappa shape index (κ2) is 6.66. The number of nitrogens with two attached hydrogens (primary N) is 2. The number of nitrogen functional groups attached to an aromatic ring is 1. The lowest BCUT2D eigenvalue weighted by molar-refractivity contribution is -0.136. The number of hydrogen-bond donors (Lipinski definition) is 4. The monoisotopic (exact) mass is 319 g/mol. The summed E-state index contributed by atoms with van der Waals surface area (Å²) in [4.78, 5) is 35.8. The summed E-state index contributed by atoms with van der Waals surface area (Å²) in [6.45, 7) is 3.86. The van der Waals surface area contributed by atoms with Gasteiger partial charge in [-0.3, -0.25) is 24.7 Å². The zero-order valence-corrected chi connectivity index (χ0v) is 13.1. The summed E-state index contributed by atoms with van der Waals surface area (Å²) in [5.74, 6) is 4.34.